The van der Waals surface area contributed by atoms with Crippen LogP contribution in [0.25, 0.3) is 16.8 Å². The highest BCUT2D eigenvalue weighted by molar-refractivity contribution is 5.74. The van der Waals surface area contributed by atoms with Crippen LogP contribution >= 0.6 is 0 Å². The molecule has 0 aliphatic carbocycles. The second-order valence-corrected chi connectivity index (χ2v) is 5.81. The van der Waals surface area contributed by atoms with Gasteiger partial charge in [-0.05, 0) is 30.3 Å². The molecule has 6 heteroatoms. The van der Waals surface area contributed by atoms with Gasteiger partial charge in [-0.1, -0.05) is 20.4 Å². The Kier molecular flexibility index (Phi) is 6.40. The van der Waals surface area contributed by atoms with Crippen molar-refractivity contribution in [1.82, 2.24) is 4.98 Å². The first-order chi connectivity index (χ1) is 12.5. The number of pyridine rings is 1. The monoisotopic (exact) mass is 367 g/mol. The van der Waals surface area contributed by atoms with Crippen LogP contribution in [0.15, 0.2) is 36.9 Å². The number of hydrogen-bond acceptors (Lipinski definition) is 2. The lowest BCUT2D eigenvalue weighted by molar-refractivity contribution is 0.185. The Bertz CT molecular complexity index is 770. The van der Waals surface area contributed by atoms with Gasteiger partial charge in [0.1, 0.15) is 43.9 Å². The Labute approximate surface area is 150 Å². The number of allylic oxidation sites excluding steroid dienone is 1. The van der Waals surface area contributed by atoms with Crippen LogP contribution in [0.5, 0.6) is 5.75 Å². The summed E-state index contributed by atoms with van der Waals surface area (Å²) >= 11 is 0. The molecule has 1 aliphatic rings. The molecule has 0 amide bonds. The molecule has 0 fully saturated rings. The van der Waals surface area contributed by atoms with Crippen molar-refractivity contribution in [2.75, 3.05) is 26.6 Å². The molecule has 0 spiro atoms. The number of fused-ring (bicyclic) bond motifs is 1. The summed E-state index contributed by atoms with van der Waals surface area (Å²) in [6.07, 6.45) is 0. The summed E-state index contributed by atoms with van der Waals surface area (Å²) in [6.45, 7) is 4.68. The highest BCUT2D eigenvalue weighted by atomic mass is 19.1. The summed E-state index contributed by atoms with van der Waals surface area (Å²) in [6, 6.07) is 6.87. The highest BCUT2D eigenvalue weighted by Gasteiger charge is 2.43. The molecule has 2 nitrogen and oxygen atoms in total. The Morgan fingerprint density at radius 2 is 1.77 bits per heavy atom. The van der Waals surface area contributed by atoms with Gasteiger partial charge in [-0.15, -0.1) is 0 Å². The first-order valence-corrected chi connectivity index (χ1v) is 8.35. The van der Waals surface area contributed by atoms with Crippen LogP contribution in [-0.2, 0) is 5.41 Å². The van der Waals surface area contributed by atoms with Gasteiger partial charge in [0.05, 0.1) is 11.1 Å². The fourth-order valence-corrected chi connectivity index (χ4v) is 2.67. The van der Waals surface area contributed by atoms with Gasteiger partial charge >= 0.3 is 0 Å². The predicted octanol–water partition coefficient (Wildman–Crippen LogP) is 5.47. The molecule has 0 saturated carbocycles. The number of rotatable bonds is 5. The SMILES string of the molecule is C=C(CF)c1cc2c(c(-c3ccc(F)cc3)n1)OCC2(CF)CF.CC. The minimum Gasteiger partial charge on any atom is -0.490 e. The third-order valence-corrected chi connectivity index (χ3v) is 4.19. The quantitative estimate of drug-likeness (QED) is 0.654. The molecule has 0 saturated heterocycles. The summed E-state index contributed by atoms with van der Waals surface area (Å²) in [5.74, 6) is -0.185. The largest absolute Gasteiger partial charge is 0.490 e. The van der Waals surface area contributed by atoms with E-state index >= 15 is 0 Å². The van der Waals surface area contributed by atoms with E-state index in [4.69, 9.17) is 4.74 Å². The number of alkyl halides is 3. The fourth-order valence-electron chi connectivity index (χ4n) is 2.67. The molecule has 1 aromatic carbocycles. The highest BCUT2D eigenvalue weighted by Crippen LogP contribution is 2.45. The number of ether oxygens (including phenoxy) is 1. The summed E-state index contributed by atoms with van der Waals surface area (Å²) in [5, 5.41) is 0. The molecule has 0 radical (unpaired) electrons. The Hall–Kier alpha value is -2.37. The van der Waals surface area contributed by atoms with Crippen molar-refractivity contribution < 1.29 is 22.3 Å². The summed E-state index contributed by atoms with van der Waals surface area (Å²) in [4.78, 5) is 4.32. The van der Waals surface area contributed by atoms with Gasteiger partial charge < -0.3 is 4.74 Å². The average molecular weight is 367 g/mol. The van der Waals surface area contributed by atoms with Crippen molar-refractivity contribution in [2.45, 2.75) is 19.3 Å². The van der Waals surface area contributed by atoms with Gasteiger partial charge in [-0.25, -0.2) is 22.5 Å². The Balaban J connectivity index is 0.00000117. The number of aromatic nitrogens is 1. The number of halogens is 4. The third kappa shape index (κ3) is 3.45. The van der Waals surface area contributed by atoms with Crippen LogP contribution in [0.4, 0.5) is 17.6 Å². The Morgan fingerprint density at radius 3 is 2.31 bits per heavy atom. The van der Waals surface area contributed by atoms with E-state index in [-0.39, 0.29) is 23.6 Å². The molecule has 0 atom stereocenters. The number of hydrogen-bond donors (Lipinski definition) is 0. The lowest BCUT2D eigenvalue weighted by Crippen LogP contribution is -2.33. The summed E-state index contributed by atoms with van der Waals surface area (Å²) < 4.78 is 58.8. The zero-order chi connectivity index (χ0) is 19.3. The van der Waals surface area contributed by atoms with Crippen molar-refractivity contribution in [3.8, 4) is 17.0 Å². The van der Waals surface area contributed by atoms with Crippen LogP contribution in [0, 0.1) is 5.82 Å². The second kappa shape index (κ2) is 8.34. The van der Waals surface area contributed by atoms with E-state index in [1.54, 1.807) is 0 Å². The van der Waals surface area contributed by atoms with Gasteiger partial charge in [-0.3, -0.25) is 0 Å². The topological polar surface area (TPSA) is 22.1 Å². The van der Waals surface area contributed by atoms with Gasteiger partial charge in [0.15, 0.2) is 0 Å². The fraction of sp³-hybridized carbons (Fsp3) is 0.350. The molecule has 1 aromatic heterocycles. The van der Waals surface area contributed by atoms with Gasteiger partial charge in [0.2, 0.25) is 0 Å². The molecule has 140 valence electrons. The van der Waals surface area contributed by atoms with E-state index in [0.717, 1.165) is 0 Å². The molecule has 1 aliphatic heterocycles. The molecule has 0 N–H and O–H groups in total. The van der Waals surface area contributed by atoms with E-state index in [1.165, 1.54) is 30.3 Å². The lowest BCUT2D eigenvalue weighted by atomic mass is 9.84. The van der Waals surface area contributed by atoms with Gasteiger partial charge in [0, 0.05) is 16.7 Å². The van der Waals surface area contributed by atoms with Gasteiger partial charge in [-0.2, -0.15) is 0 Å². The lowest BCUT2D eigenvalue weighted by Gasteiger charge is -2.20. The number of benzene rings is 1. The van der Waals surface area contributed by atoms with E-state index in [2.05, 4.69) is 11.6 Å². The minimum atomic E-state index is -1.43. The molecule has 0 unspecified atom stereocenters. The van der Waals surface area contributed by atoms with Crippen LogP contribution < -0.4 is 4.74 Å². The molecular weight excluding hydrogens is 346 g/mol. The maximum Gasteiger partial charge on any atom is 0.149 e. The zero-order valence-corrected chi connectivity index (χ0v) is 14.8. The molecule has 0 bridgehead atoms. The summed E-state index contributed by atoms with van der Waals surface area (Å²) in [7, 11) is 0. The van der Waals surface area contributed by atoms with Gasteiger partial charge in [0.25, 0.3) is 0 Å². The first kappa shape index (κ1) is 19.9. The van der Waals surface area contributed by atoms with Crippen molar-refractivity contribution in [3.63, 3.8) is 0 Å². The second-order valence-electron chi connectivity index (χ2n) is 5.81. The van der Waals surface area contributed by atoms with Crippen LogP contribution in [-0.4, -0.2) is 31.6 Å². The van der Waals surface area contributed by atoms with Crippen molar-refractivity contribution in [2.24, 2.45) is 0 Å². The van der Waals surface area contributed by atoms with Crippen molar-refractivity contribution in [3.05, 3.63) is 54.0 Å². The van der Waals surface area contributed by atoms with E-state index in [1.807, 2.05) is 13.8 Å². The average Bonchev–Trinajstić information content (AvgIpc) is 3.08. The molecule has 2 aromatic rings. The standard InChI is InChI=1S/C18H15F4NO.C2H6/c1-11(7-19)15-6-14-17(24-10-18(14,8-20)9-21)16(23-15)12-2-4-13(22)5-3-12;1-2/h2-6H,1,7-10H2;1-2H3. The summed E-state index contributed by atoms with van der Waals surface area (Å²) in [5.41, 5.74) is -0.0349. The normalized spacial score (nSPS) is 14.1. The molecule has 26 heavy (non-hydrogen) atoms. The number of nitrogens with zero attached hydrogens (tertiary/aromatic N) is 1. The molecule has 2 heterocycles. The molecule has 3 rings (SSSR count). The maximum absolute atomic E-state index is 13.5. The van der Waals surface area contributed by atoms with Crippen LogP contribution in [0.3, 0.4) is 0 Å². The van der Waals surface area contributed by atoms with E-state index in [0.29, 0.717) is 16.8 Å². The molecular formula is C20H21F4NO. The smallest absolute Gasteiger partial charge is 0.149 e. The van der Waals surface area contributed by atoms with E-state index in [9.17, 15) is 17.6 Å². The van der Waals surface area contributed by atoms with Crippen LogP contribution in [0.1, 0.15) is 25.1 Å². The maximum atomic E-state index is 13.5. The van der Waals surface area contributed by atoms with Crippen LogP contribution in [0.2, 0.25) is 0 Å². The third-order valence-electron chi connectivity index (χ3n) is 4.19. The zero-order valence-electron chi connectivity index (χ0n) is 14.8. The minimum absolute atomic E-state index is 0.0969. The van der Waals surface area contributed by atoms with Crippen molar-refractivity contribution in [1.29, 1.82) is 0 Å². The first-order valence-electron chi connectivity index (χ1n) is 8.35. The van der Waals surface area contributed by atoms with Crippen molar-refractivity contribution >= 4 is 5.57 Å². The van der Waals surface area contributed by atoms with E-state index < -0.39 is 31.3 Å². The Morgan fingerprint density at radius 1 is 1.15 bits per heavy atom. The predicted molar refractivity (Wildman–Crippen MR) is 95.1 cm³/mol.